The largest absolute Gasteiger partial charge is 0.380 e. The van der Waals surface area contributed by atoms with Crippen LogP contribution in [0.3, 0.4) is 0 Å². The van der Waals surface area contributed by atoms with Crippen LogP contribution in [0.2, 0.25) is 0 Å². The maximum Gasteiger partial charge on any atom is 0.118 e. The Morgan fingerprint density at radius 2 is 0.743 bits per heavy atom. The van der Waals surface area contributed by atoms with Gasteiger partial charge in [-0.1, -0.05) is 157 Å². The summed E-state index contributed by atoms with van der Waals surface area (Å²) < 4.78 is 0. The first-order valence-electron chi connectivity index (χ1n) is 12.0. The van der Waals surface area contributed by atoms with Crippen LogP contribution in [0.15, 0.2) is 152 Å². The van der Waals surface area contributed by atoms with Crippen molar-refractivity contribution >= 4 is 28.6 Å². The zero-order valence-electron chi connectivity index (χ0n) is 19.6. The average Bonchev–Trinajstić information content (AvgIpc) is 2.96. The van der Waals surface area contributed by atoms with E-state index in [1.165, 1.54) is 15.9 Å². The molecule has 0 saturated heterocycles. The molecule has 0 unspecified atom stereocenters. The van der Waals surface area contributed by atoms with Crippen LogP contribution < -0.4 is 15.9 Å². The monoisotopic (exact) mass is 472 g/mol. The van der Waals surface area contributed by atoms with Gasteiger partial charge >= 0.3 is 0 Å². The number of aliphatic hydroxyl groups is 1. The Morgan fingerprint density at radius 3 is 1.06 bits per heavy atom. The summed E-state index contributed by atoms with van der Waals surface area (Å²) in [5.74, 6) is 2.41. The van der Waals surface area contributed by atoms with Crippen LogP contribution in [-0.4, -0.2) is 10.9 Å². The van der Waals surface area contributed by atoms with E-state index in [9.17, 15) is 5.11 Å². The Kier molecular flexibility index (Phi) is 6.82. The zero-order chi connectivity index (χ0) is 24.0. The smallest absolute Gasteiger partial charge is 0.118 e. The summed E-state index contributed by atoms with van der Waals surface area (Å²) in [7, 11) is 0. The van der Waals surface area contributed by atoms with Crippen LogP contribution in [0.25, 0.3) is 0 Å². The molecule has 0 aliphatic rings. The molecule has 0 fully saturated rings. The van der Waals surface area contributed by atoms with E-state index < -0.39 is 12.5 Å². The van der Waals surface area contributed by atoms with Gasteiger partial charge in [0.15, 0.2) is 0 Å². The molecule has 0 aromatic heterocycles. The fourth-order valence-corrected chi connectivity index (χ4v) is 8.84. The second kappa shape index (κ2) is 10.3. The van der Waals surface area contributed by atoms with Gasteiger partial charge in [0.1, 0.15) is 5.60 Å². The lowest BCUT2D eigenvalue weighted by atomic mass is 9.84. The first kappa shape index (κ1) is 23.1. The van der Waals surface area contributed by atoms with E-state index in [1.807, 2.05) is 60.7 Å². The molecular weight excluding hydrogens is 443 g/mol. The van der Waals surface area contributed by atoms with E-state index >= 15 is 0 Å². The highest BCUT2D eigenvalue weighted by Gasteiger charge is 2.33. The molecule has 0 aliphatic heterocycles. The van der Waals surface area contributed by atoms with Crippen LogP contribution in [0.1, 0.15) is 17.5 Å². The summed E-state index contributed by atoms with van der Waals surface area (Å²) in [5.41, 5.74) is 0.649. The highest BCUT2D eigenvalue weighted by Crippen LogP contribution is 2.46. The van der Waals surface area contributed by atoms with Crippen LogP contribution >= 0.6 is 6.89 Å². The van der Waals surface area contributed by atoms with Gasteiger partial charge < -0.3 is 5.11 Å². The lowest BCUT2D eigenvalue weighted by Crippen LogP contribution is -2.31. The van der Waals surface area contributed by atoms with Crippen LogP contribution in [0.4, 0.5) is 0 Å². The Morgan fingerprint density at radius 1 is 0.457 bits per heavy atom. The van der Waals surface area contributed by atoms with Gasteiger partial charge in [0, 0.05) is 6.42 Å². The molecule has 0 spiro atoms. The van der Waals surface area contributed by atoms with Gasteiger partial charge in [-0.05, 0) is 33.9 Å². The van der Waals surface area contributed by atoms with Crippen molar-refractivity contribution in [2.75, 3.05) is 0 Å². The molecule has 35 heavy (non-hydrogen) atoms. The highest BCUT2D eigenvalue weighted by atomic mass is 31.2. The molecule has 1 nitrogen and oxygen atoms in total. The summed E-state index contributed by atoms with van der Waals surface area (Å²) in [6.07, 6.45) is 0.480. The number of hydrogen-bond donors (Lipinski definition) is 1. The standard InChI is InChI=1S/C33H29OP/c34-33(28-16-6-1-7-17-28,29-18-8-2-9-19-29)26-27-35(30-20-10-3-11-21-30,31-22-12-4-13-23-31)32-24-14-5-15-25-32/h1-25,27,34H,26H2. The fourth-order valence-electron chi connectivity index (χ4n) is 4.85. The quantitative estimate of drug-likeness (QED) is 0.284. The molecule has 0 heterocycles. The summed E-state index contributed by atoms with van der Waals surface area (Å²) in [5, 5.41) is 16.2. The van der Waals surface area contributed by atoms with Crippen LogP contribution in [-0.2, 0) is 5.60 Å². The van der Waals surface area contributed by atoms with Gasteiger partial charge in [0.25, 0.3) is 0 Å². The number of hydrogen-bond acceptors (Lipinski definition) is 1. The minimum absolute atomic E-state index is 0.480. The Hall–Kier alpha value is -3.64. The van der Waals surface area contributed by atoms with E-state index in [2.05, 4.69) is 96.8 Å². The van der Waals surface area contributed by atoms with Gasteiger partial charge in [-0.2, -0.15) is 0 Å². The molecule has 5 aromatic carbocycles. The summed E-state index contributed by atoms with van der Waals surface area (Å²) in [4.78, 5) is 0. The third kappa shape index (κ3) is 4.54. The van der Waals surface area contributed by atoms with Crippen LogP contribution in [0, 0.1) is 0 Å². The molecule has 172 valence electrons. The molecule has 1 N–H and O–H groups in total. The highest BCUT2D eigenvalue weighted by molar-refractivity contribution is 7.94. The first-order chi connectivity index (χ1) is 17.2. The van der Waals surface area contributed by atoms with Crippen molar-refractivity contribution in [2.45, 2.75) is 12.0 Å². The molecule has 0 bridgehead atoms. The third-order valence-corrected chi connectivity index (χ3v) is 10.7. The second-order valence-electron chi connectivity index (χ2n) is 8.71. The molecule has 0 amide bonds. The van der Waals surface area contributed by atoms with Crippen LogP contribution in [0.5, 0.6) is 0 Å². The first-order valence-corrected chi connectivity index (χ1v) is 13.8. The molecule has 5 rings (SSSR count). The summed E-state index contributed by atoms with van der Waals surface area (Å²) in [6.45, 7) is -2.18. The lowest BCUT2D eigenvalue weighted by Gasteiger charge is -2.33. The van der Waals surface area contributed by atoms with Gasteiger partial charge in [0.2, 0.25) is 0 Å². The molecule has 5 aromatic rings. The van der Waals surface area contributed by atoms with Crippen molar-refractivity contribution in [2.24, 2.45) is 0 Å². The molecule has 0 saturated carbocycles. The van der Waals surface area contributed by atoms with Gasteiger partial charge in [-0.15, -0.1) is 0 Å². The minimum Gasteiger partial charge on any atom is -0.380 e. The predicted molar refractivity (Wildman–Crippen MR) is 152 cm³/mol. The second-order valence-corrected chi connectivity index (χ2v) is 12.1. The SMILES string of the molecule is OC(CC=P(c1ccccc1)(c1ccccc1)c1ccccc1)(c1ccccc1)c1ccccc1. The van der Waals surface area contributed by atoms with Crippen molar-refractivity contribution in [3.8, 4) is 0 Å². The van der Waals surface area contributed by atoms with Crippen molar-refractivity contribution in [3.05, 3.63) is 163 Å². The number of benzene rings is 5. The molecule has 2 heteroatoms. The molecular formula is C33H29OP. The van der Waals surface area contributed by atoms with Crippen molar-refractivity contribution < 1.29 is 5.11 Å². The third-order valence-electron chi connectivity index (χ3n) is 6.65. The Balaban J connectivity index is 1.80. The van der Waals surface area contributed by atoms with Crippen molar-refractivity contribution in [1.29, 1.82) is 0 Å². The maximum atomic E-state index is 12.3. The van der Waals surface area contributed by atoms with Crippen molar-refractivity contribution in [1.82, 2.24) is 0 Å². The van der Waals surface area contributed by atoms with E-state index in [0.717, 1.165) is 11.1 Å². The lowest BCUT2D eigenvalue weighted by molar-refractivity contribution is 0.0905. The zero-order valence-corrected chi connectivity index (χ0v) is 20.5. The molecule has 0 aliphatic carbocycles. The van der Waals surface area contributed by atoms with Gasteiger partial charge in [-0.25, -0.2) is 0 Å². The van der Waals surface area contributed by atoms with E-state index in [-0.39, 0.29) is 0 Å². The van der Waals surface area contributed by atoms with Gasteiger partial charge in [0.05, 0.1) is 0 Å². The molecule has 0 atom stereocenters. The summed E-state index contributed by atoms with van der Waals surface area (Å²) in [6, 6.07) is 52.3. The average molecular weight is 473 g/mol. The number of rotatable bonds is 7. The normalized spacial score (nSPS) is 11.7. The topological polar surface area (TPSA) is 20.2 Å². The van der Waals surface area contributed by atoms with Crippen molar-refractivity contribution in [3.63, 3.8) is 0 Å². The Labute approximate surface area is 208 Å². The van der Waals surface area contributed by atoms with E-state index in [1.54, 1.807) is 0 Å². The molecule has 0 radical (unpaired) electrons. The van der Waals surface area contributed by atoms with E-state index in [0.29, 0.717) is 6.42 Å². The maximum absolute atomic E-state index is 12.3. The predicted octanol–water partition coefficient (Wildman–Crippen LogP) is 6.11. The minimum atomic E-state index is -2.18. The van der Waals surface area contributed by atoms with Gasteiger partial charge in [-0.3, -0.25) is 0 Å². The summed E-state index contributed by atoms with van der Waals surface area (Å²) >= 11 is 0. The van der Waals surface area contributed by atoms with E-state index in [4.69, 9.17) is 0 Å². The fraction of sp³-hybridized carbons (Fsp3) is 0.0606. The Bertz CT molecular complexity index is 1250.